The second kappa shape index (κ2) is 13.8. The molecule has 0 fully saturated rings. The first kappa shape index (κ1) is 25.0. The summed E-state index contributed by atoms with van der Waals surface area (Å²) in [7, 11) is 0. The SMILES string of the molecule is O=C(O)CCCCCc1ccccc1NC(=O)c1ccc(OCCCCc2ccccc2)cc1. The molecule has 0 aliphatic carbocycles. The van der Waals surface area contributed by atoms with Gasteiger partial charge in [0, 0.05) is 17.7 Å². The first-order valence-corrected chi connectivity index (χ1v) is 12.0. The van der Waals surface area contributed by atoms with E-state index in [1.54, 1.807) is 12.1 Å². The molecule has 0 radical (unpaired) electrons. The molecule has 0 saturated carbocycles. The average Bonchev–Trinajstić information content (AvgIpc) is 2.85. The molecule has 5 heteroatoms. The first-order chi connectivity index (χ1) is 16.6. The van der Waals surface area contributed by atoms with Crippen LogP contribution in [0, 0.1) is 0 Å². The second-order valence-electron chi connectivity index (χ2n) is 8.38. The van der Waals surface area contributed by atoms with E-state index in [1.807, 2.05) is 42.5 Å². The van der Waals surface area contributed by atoms with Crippen LogP contribution in [0.2, 0.25) is 0 Å². The molecule has 3 rings (SSSR count). The zero-order chi connectivity index (χ0) is 24.0. The van der Waals surface area contributed by atoms with Gasteiger partial charge in [-0.2, -0.15) is 0 Å². The number of carboxylic acid groups (broad SMARTS) is 1. The molecule has 0 saturated heterocycles. The monoisotopic (exact) mass is 459 g/mol. The second-order valence-corrected chi connectivity index (χ2v) is 8.38. The number of carbonyl (C=O) groups is 2. The number of benzene rings is 3. The minimum absolute atomic E-state index is 0.160. The summed E-state index contributed by atoms with van der Waals surface area (Å²) in [4.78, 5) is 23.4. The summed E-state index contributed by atoms with van der Waals surface area (Å²) in [6.45, 7) is 0.651. The van der Waals surface area contributed by atoms with Crippen LogP contribution in [0.1, 0.15) is 60.0 Å². The predicted molar refractivity (Wildman–Crippen MR) is 136 cm³/mol. The van der Waals surface area contributed by atoms with Crippen LogP contribution >= 0.6 is 0 Å². The van der Waals surface area contributed by atoms with Crippen molar-refractivity contribution in [1.82, 2.24) is 0 Å². The van der Waals surface area contributed by atoms with E-state index in [1.165, 1.54) is 5.56 Å². The Morgan fingerprint density at radius 2 is 1.44 bits per heavy atom. The molecule has 3 aromatic rings. The largest absolute Gasteiger partial charge is 0.494 e. The van der Waals surface area contributed by atoms with Gasteiger partial charge in [-0.25, -0.2) is 0 Å². The summed E-state index contributed by atoms with van der Waals surface area (Å²) in [5.74, 6) is -0.155. The Morgan fingerprint density at radius 1 is 0.735 bits per heavy atom. The van der Waals surface area contributed by atoms with Crippen LogP contribution in [0.15, 0.2) is 78.9 Å². The highest BCUT2D eigenvalue weighted by Crippen LogP contribution is 2.20. The number of para-hydroxylation sites is 1. The summed E-state index contributed by atoms with van der Waals surface area (Å²) in [6.07, 6.45) is 6.50. The minimum Gasteiger partial charge on any atom is -0.494 e. The van der Waals surface area contributed by atoms with Gasteiger partial charge in [-0.3, -0.25) is 9.59 Å². The number of aryl methyl sites for hydroxylation is 2. The minimum atomic E-state index is -0.757. The summed E-state index contributed by atoms with van der Waals surface area (Å²) < 4.78 is 5.83. The Balaban J connectivity index is 1.42. The van der Waals surface area contributed by atoms with Crippen LogP contribution < -0.4 is 10.1 Å². The zero-order valence-electron chi connectivity index (χ0n) is 19.5. The predicted octanol–water partition coefficient (Wildman–Crippen LogP) is 6.53. The van der Waals surface area contributed by atoms with Gasteiger partial charge in [0.1, 0.15) is 5.75 Å². The summed E-state index contributed by atoms with van der Waals surface area (Å²) in [5.41, 5.74) is 3.77. The maximum atomic E-state index is 12.7. The number of carbonyl (C=O) groups excluding carboxylic acids is 1. The van der Waals surface area contributed by atoms with Gasteiger partial charge in [-0.05, 0) is 80.0 Å². The number of amides is 1. The van der Waals surface area contributed by atoms with Crippen molar-refractivity contribution < 1.29 is 19.4 Å². The number of hydrogen-bond donors (Lipinski definition) is 2. The molecule has 0 spiro atoms. The van der Waals surface area contributed by atoms with Crippen molar-refractivity contribution in [3.63, 3.8) is 0 Å². The highest BCUT2D eigenvalue weighted by atomic mass is 16.5. The van der Waals surface area contributed by atoms with E-state index in [0.29, 0.717) is 18.6 Å². The molecule has 0 heterocycles. The summed E-state index contributed by atoms with van der Waals surface area (Å²) >= 11 is 0. The van der Waals surface area contributed by atoms with Crippen molar-refractivity contribution >= 4 is 17.6 Å². The van der Waals surface area contributed by atoms with Crippen molar-refractivity contribution in [3.05, 3.63) is 95.6 Å². The highest BCUT2D eigenvalue weighted by molar-refractivity contribution is 6.04. The van der Waals surface area contributed by atoms with E-state index < -0.39 is 5.97 Å². The van der Waals surface area contributed by atoms with Crippen molar-refractivity contribution in [2.24, 2.45) is 0 Å². The van der Waals surface area contributed by atoms with Gasteiger partial charge in [0.2, 0.25) is 0 Å². The Morgan fingerprint density at radius 3 is 2.21 bits per heavy atom. The normalized spacial score (nSPS) is 10.6. The Hall–Kier alpha value is -3.60. The van der Waals surface area contributed by atoms with Gasteiger partial charge in [-0.15, -0.1) is 0 Å². The molecule has 0 aromatic heterocycles. The third-order valence-corrected chi connectivity index (χ3v) is 5.69. The maximum absolute atomic E-state index is 12.7. The molecule has 0 unspecified atom stereocenters. The van der Waals surface area contributed by atoms with Gasteiger partial charge in [-0.1, -0.05) is 55.0 Å². The van der Waals surface area contributed by atoms with E-state index in [2.05, 4.69) is 29.6 Å². The lowest BCUT2D eigenvalue weighted by Crippen LogP contribution is -2.13. The van der Waals surface area contributed by atoms with Crippen LogP contribution in [0.3, 0.4) is 0 Å². The summed E-state index contributed by atoms with van der Waals surface area (Å²) in [6, 6.07) is 25.4. The number of unbranched alkanes of at least 4 members (excludes halogenated alkanes) is 3. The lowest BCUT2D eigenvalue weighted by molar-refractivity contribution is -0.137. The van der Waals surface area contributed by atoms with Crippen LogP contribution in [-0.2, 0) is 17.6 Å². The number of rotatable bonds is 14. The standard InChI is InChI=1S/C29H33NO4/c31-28(32)17-6-2-5-14-24-15-7-8-16-27(24)30-29(33)25-18-20-26(21-19-25)34-22-10-9-13-23-11-3-1-4-12-23/h1,3-4,7-8,11-12,15-16,18-21H,2,5-6,9-10,13-14,17,22H2,(H,30,33)(H,31,32). The van der Waals surface area contributed by atoms with E-state index in [-0.39, 0.29) is 12.3 Å². The third-order valence-electron chi connectivity index (χ3n) is 5.69. The Labute approximate surface area is 201 Å². The van der Waals surface area contributed by atoms with Crippen molar-refractivity contribution in [3.8, 4) is 5.75 Å². The molecule has 5 nitrogen and oxygen atoms in total. The zero-order valence-corrected chi connectivity index (χ0v) is 19.5. The molecule has 0 aliphatic heterocycles. The molecule has 1 amide bonds. The van der Waals surface area contributed by atoms with Crippen LogP contribution in [0.25, 0.3) is 0 Å². The molecule has 34 heavy (non-hydrogen) atoms. The van der Waals surface area contributed by atoms with Crippen molar-refractivity contribution in [2.75, 3.05) is 11.9 Å². The van der Waals surface area contributed by atoms with Crippen LogP contribution in [0.4, 0.5) is 5.69 Å². The Bertz CT molecular complexity index is 1030. The van der Waals surface area contributed by atoms with Gasteiger partial charge in [0.15, 0.2) is 0 Å². The van der Waals surface area contributed by atoms with E-state index >= 15 is 0 Å². The fourth-order valence-electron chi connectivity index (χ4n) is 3.79. The number of nitrogens with one attached hydrogen (secondary N) is 1. The van der Waals surface area contributed by atoms with E-state index in [4.69, 9.17) is 9.84 Å². The number of carboxylic acids is 1. The first-order valence-electron chi connectivity index (χ1n) is 12.0. The van der Waals surface area contributed by atoms with Gasteiger partial charge < -0.3 is 15.2 Å². The number of anilines is 1. The van der Waals surface area contributed by atoms with Crippen molar-refractivity contribution in [2.45, 2.75) is 51.4 Å². The maximum Gasteiger partial charge on any atom is 0.303 e. The fraction of sp³-hybridized carbons (Fsp3) is 0.310. The molecule has 0 aliphatic rings. The van der Waals surface area contributed by atoms with E-state index in [9.17, 15) is 9.59 Å². The topological polar surface area (TPSA) is 75.6 Å². The Kier molecular flexibility index (Phi) is 10.2. The fourth-order valence-corrected chi connectivity index (χ4v) is 3.79. The van der Waals surface area contributed by atoms with Gasteiger partial charge in [0.25, 0.3) is 5.91 Å². The molecular formula is C29H33NO4. The van der Waals surface area contributed by atoms with Gasteiger partial charge >= 0.3 is 5.97 Å². The molecule has 2 N–H and O–H groups in total. The molecule has 0 bridgehead atoms. The molecule has 178 valence electrons. The summed E-state index contributed by atoms with van der Waals surface area (Å²) in [5, 5.41) is 11.8. The lowest BCUT2D eigenvalue weighted by atomic mass is 10.0. The average molecular weight is 460 g/mol. The number of ether oxygens (including phenoxy) is 1. The molecular weight excluding hydrogens is 426 g/mol. The van der Waals surface area contributed by atoms with E-state index in [0.717, 1.165) is 55.5 Å². The van der Waals surface area contributed by atoms with Crippen LogP contribution in [-0.4, -0.2) is 23.6 Å². The number of hydrogen-bond acceptors (Lipinski definition) is 3. The molecule has 0 atom stereocenters. The molecule has 3 aromatic carbocycles. The van der Waals surface area contributed by atoms with Crippen molar-refractivity contribution in [1.29, 1.82) is 0 Å². The highest BCUT2D eigenvalue weighted by Gasteiger charge is 2.09. The smallest absolute Gasteiger partial charge is 0.303 e. The third kappa shape index (κ3) is 8.74. The van der Waals surface area contributed by atoms with Crippen LogP contribution in [0.5, 0.6) is 5.75 Å². The number of aliphatic carboxylic acids is 1. The lowest BCUT2D eigenvalue weighted by Gasteiger charge is -2.12. The van der Waals surface area contributed by atoms with Gasteiger partial charge in [0.05, 0.1) is 6.61 Å². The quantitative estimate of drug-likeness (QED) is 0.269.